The van der Waals surface area contributed by atoms with Crippen LogP contribution in [0.5, 0.6) is 0 Å². The van der Waals surface area contributed by atoms with Gasteiger partial charge >= 0.3 is 5.97 Å². The molecule has 0 aliphatic carbocycles. The molecule has 0 aromatic carbocycles. The van der Waals surface area contributed by atoms with Gasteiger partial charge in [-0.05, 0) is 39.8 Å². The molecule has 16 heavy (non-hydrogen) atoms. The number of carbonyl (C=O) groups is 1. The average molecular weight is 228 g/mol. The molecule has 1 rings (SSSR count). The smallest absolute Gasteiger partial charge is 0.324 e. The summed E-state index contributed by atoms with van der Waals surface area (Å²) in [4.78, 5) is 13.6. The number of carboxylic acid groups (broad SMARTS) is 1. The van der Waals surface area contributed by atoms with Crippen molar-refractivity contribution < 1.29 is 9.90 Å². The molecule has 0 radical (unpaired) electrons. The van der Waals surface area contributed by atoms with E-state index in [4.69, 9.17) is 0 Å². The van der Waals surface area contributed by atoms with Crippen molar-refractivity contribution in [1.29, 1.82) is 0 Å². The summed E-state index contributed by atoms with van der Waals surface area (Å²) in [5.41, 5.74) is -0.829. The number of rotatable bonds is 5. The van der Waals surface area contributed by atoms with Crippen LogP contribution < -0.4 is 5.32 Å². The minimum atomic E-state index is -0.829. The van der Waals surface area contributed by atoms with Crippen LogP contribution in [0.15, 0.2) is 0 Å². The van der Waals surface area contributed by atoms with Crippen LogP contribution in [-0.4, -0.2) is 47.7 Å². The van der Waals surface area contributed by atoms with Crippen LogP contribution >= 0.6 is 0 Å². The van der Waals surface area contributed by atoms with Gasteiger partial charge in [0.15, 0.2) is 0 Å². The van der Waals surface area contributed by atoms with E-state index in [0.717, 1.165) is 13.0 Å². The summed E-state index contributed by atoms with van der Waals surface area (Å²) in [6, 6.07) is 0.556. The number of nitrogens with zero attached hydrogens (tertiary/aromatic N) is 1. The van der Waals surface area contributed by atoms with Gasteiger partial charge in [-0.25, -0.2) is 0 Å². The van der Waals surface area contributed by atoms with E-state index >= 15 is 0 Å². The highest BCUT2D eigenvalue weighted by Crippen LogP contribution is 2.21. The van der Waals surface area contributed by atoms with E-state index in [0.29, 0.717) is 12.6 Å². The number of carboxylic acids is 1. The lowest BCUT2D eigenvalue weighted by Gasteiger charge is -2.39. The largest absolute Gasteiger partial charge is 0.480 e. The first-order chi connectivity index (χ1) is 7.53. The van der Waals surface area contributed by atoms with Gasteiger partial charge in [0.05, 0.1) is 0 Å². The molecule has 1 aliphatic rings. The number of likely N-dealkylation sites (tertiary alicyclic amines) is 1. The molecule has 94 valence electrons. The summed E-state index contributed by atoms with van der Waals surface area (Å²) in [7, 11) is 1.72. The Morgan fingerprint density at radius 2 is 2.25 bits per heavy atom. The van der Waals surface area contributed by atoms with E-state index in [1.807, 2.05) is 0 Å². The van der Waals surface area contributed by atoms with Gasteiger partial charge in [-0.3, -0.25) is 9.69 Å². The van der Waals surface area contributed by atoms with Crippen LogP contribution in [-0.2, 0) is 4.79 Å². The Kier molecular flexibility index (Phi) is 4.74. The van der Waals surface area contributed by atoms with Crippen molar-refractivity contribution in [2.24, 2.45) is 0 Å². The topological polar surface area (TPSA) is 52.6 Å². The fourth-order valence-corrected chi connectivity index (χ4v) is 2.39. The highest BCUT2D eigenvalue weighted by Gasteiger charge is 2.35. The Morgan fingerprint density at radius 1 is 1.56 bits per heavy atom. The molecular formula is C12H24N2O2. The summed E-state index contributed by atoms with van der Waals surface area (Å²) >= 11 is 0. The van der Waals surface area contributed by atoms with Crippen LogP contribution in [0, 0.1) is 0 Å². The molecule has 0 aromatic heterocycles. The summed E-state index contributed by atoms with van der Waals surface area (Å²) in [5.74, 6) is -0.768. The first-order valence-electron chi connectivity index (χ1n) is 6.20. The van der Waals surface area contributed by atoms with Gasteiger partial charge in [-0.2, -0.15) is 0 Å². The molecule has 4 heteroatoms. The van der Waals surface area contributed by atoms with Crippen LogP contribution in [0.4, 0.5) is 0 Å². The predicted molar refractivity (Wildman–Crippen MR) is 64.6 cm³/mol. The van der Waals surface area contributed by atoms with Crippen molar-refractivity contribution in [3.63, 3.8) is 0 Å². The second-order valence-electron chi connectivity index (χ2n) is 4.92. The van der Waals surface area contributed by atoms with Crippen molar-refractivity contribution in [3.8, 4) is 0 Å². The van der Waals surface area contributed by atoms with Crippen molar-refractivity contribution in [2.45, 2.75) is 51.1 Å². The molecule has 2 unspecified atom stereocenters. The number of hydrogen-bond donors (Lipinski definition) is 2. The Bertz CT molecular complexity index is 245. The Hall–Kier alpha value is -0.610. The van der Waals surface area contributed by atoms with Crippen molar-refractivity contribution in [3.05, 3.63) is 0 Å². The zero-order valence-corrected chi connectivity index (χ0v) is 10.6. The second-order valence-corrected chi connectivity index (χ2v) is 4.92. The van der Waals surface area contributed by atoms with Gasteiger partial charge in [0, 0.05) is 12.6 Å². The molecule has 0 saturated carbocycles. The zero-order chi connectivity index (χ0) is 12.2. The normalized spacial score (nSPS) is 26.3. The van der Waals surface area contributed by atoms with E-state index in [2.05, 4.69) is 17.1 Å². The monoisotopic (exact) mass is 228 g/mol. The van der Waals surface area contributed by atoms with Gasteiger partial charge in [0.1, 0.15) is 5.54 Å². The second kappa shape index (κ2) is 5.64. The molecule has 1 aliphatic heterocycles. The van der Waals surface area contributed by atoms with Crippen LogP contribution in [0.25, 0.3) is 0 Å². The third-order valence-electron chi connectivity index (χ3n) is 3.76. The van der Waals surface area contributed by atoms with E-state index < -0.39 is 11.5 Å². The van der Waals surface area contributed by atoms with E-state index in [-0.39, 0.29) is 0 Å². The third-order valence-corrected chi connectivity index (χ3v) is 3.76. The van der Waals surface area contributed by atoms with Gasteiger partial charge in [-0.15, -0.1) is 0 Å². The zero-order valence-electron chi connectivity index (χ0n) is 10.6. The fourth-order valence-electron chi connectivity index (χ4n) is 2.39. The first kappa shape index (κ1) is 13.5. The number of hydrogen-bond acceptors (Lipinski definition) is 3. The standard InChI is InChI=1S/C12H24N2O2/c1-4-10-7-5-6-8-14(10)9-12(2,13-3)11(15)16/h10,13H,4-9H2,1-3H3,(H,15,16). The summed E-state index contributed by atoms with van der Waals surface area (Å²) < 4.78 is 0. The van der Waals surface area contributed by atoms with Gasteiger partial charge in [0.2, 0.25) is 0 Å². The molecule has 2 atom stereocenters. The van der Waals surface area contributed by atoms with Crippen LogP contribution in [0.1, 0.15) is 39.5 Å². The molecular weight excluding hydrogens is 204 g/mol. The molecule has 1 saturated heterocycles. The number of aliphatic carboxylic acids is 1. The number of nitrogens with one attached hydrogen (secondary N) is 1. The molecule has 0 bridgehead atoms. The lowest BCUT2D eigenvalue weighted by Crippen LogP contribution is -2.58. The maximum atomic E-state index is 11.2. The highest BCUT2D eigenvalue weighted by molar-refractivity contribution is 5.78. The molecule has 1 fully saturated rings. The van der Waals surface area contributed by atoms with E-state index in [9.17, 15) is 9.90 Å². The van der Waals surface area contributed by atoms with Crippen LogP contribution in [0.2, 0.25) is 0 Å². The van der Waals surface area contributed by atoms with Crippen LogP contribution in [0.3, 0.4) is 0 Å². The third kappa shape index (κ3) is 2.95. The maximum absolute atomic E-state index is 11.2. The first-order valence-corrected chi connectivity index (χ1v) is 6.20. The van der Waals surface area contributed by atoms with Crippen molar-refractivity contribution >= 4 is 5.97 Å². The molecule has 4 nitrogen and oxygen atoms in total. The lowest BCUT2D eigenvalue weighted by molar-refractivity contribution is -0.145. The average Bonchev–Trinajstić information content (AvgIpc) is 2.29. The van der Waals surface area contributed by atoms with Crippen molar-refractivity contribution in [2.75, 3.05) is 20.1 Å². The quantitative estimate of drug-likeness (QED) is 0.745. The minimum absolute atomic E-state index is 0.556. The molecule has 0 spiro atoms. The minimum Gasteiger partial charge on any atom is -0.480 e. The fraction of sp³-hybridized carbons (Fsp3) is 0.917. The number of piperidine rings is 1. The van der Waals surface area contributed by atoms with Crippen molar-refractivity contribution in [1.82, 2.24) is 10.2 Å². The highest BCUT2D eigenvalue weighted by atomic mass is 16.4. The Balaban J connectivity index is 2.65. The lowest BCUT2D eigenvalue weighted by atomic mass is 9.95. The van der Waals surface area contributed by atoms with Gasteiger partial charge in [-0.1, -0.05) is 13.3 Å². The number of likely N-dealkylation sites (N-methyl/N-ethyl adjacent to an activating group) is 1. The summed E-state index contributed by atoms with van der Waals surface area (Å²) in [6.45, 7) is 5.57. The van der Waals surface area contributed by atoms with E-state index in [1.165, 1.54) is 19.3 Å². The summed E-state index contributed by atoms with van der Waals surface area (Å²) in [6.07, 6.45) is 4.78. The molecule has 1 heterocycles. The molecule has 0 aromatic rings. The Morgan fingerprint density at radius 3 is 2.75 bits per heavy atom. The SMILES string of the molecule is CCC1CCCCN1CC(C)(NC)C(=O)O. The summed E-state index contributed by atoms with van der Waals surface area (Å²) in [5, 5.41) is 12.2. The van der Waals surface area contributed by atoms with E-state index in [1.54, 1.807) is 14.0 Å². The predicted octanol–water partition coefficient (Wildman–Crippen LogP) is 1.31. The van der Waals surface area contributed by atoms with Gasteiger partial charge < -0.3 is 10.4 Å². The molecule has 2 N–H and O–H groups in total. The van der Waals surface area contributed by atoms with Gasteiger partial charge in [0.25, 0.3) is 0 Å². The molecule has 0 amide bonds. The maximum Gasteiger partial charge on any atom is 0.324 e. The Labute approximate surface area is 98.0 Å².